The van der Waals surface area contributed by atoms with E-state index in [-0.39, 0.29) is 4.90 Å². The normalized spacial score (nSPS) is 11.5. The van der Waals surface area contributed by atoms with Crippen LogP contribution in [0.15, 0.2) is 90.1 Å². The Bertz CT molecular complexity index is 1520. The molecule has 3 heterocycles. The Morgan fingerprint density at radius 3 is 2.38 bits per heavy atom. The van der Waals surface area contributed by atoms with Crippen molar-refractivity contribution >= 4 is 33.0 Å². The number of benzene rings is 2. The summed E-state index contributed by atoms with van der Waals surface area (Å²) in [4.78, 5) is 4.12. The molecule has 8 nitrogen and oxygen atoms in total. The first kappa shape index (κ1) is 20.1. The molecule has 0 saturated heterocycles. The molecule has 0 aliphatic carbocycles. The zero-order valence-corrected chi connectivity index (χ0v) is 18.0. The van der Waals surface area contributed by atoms with Gasteiger partial charge in [0.15, 0.2) is 11.5 Å². The summed E-state index contributed by atoms with van der Waals surface area (Å²) >= 11 is 5.91. The largest absolute Gasteiger partial charge is 0.280 e. The van der Waals surface area contributed by atoms with Gasteiger partial charge in [0.05, 0.1) is 10.6 Å². The van der Waals surface area contributed by atoms with Crippen molar-refractivity contribution in [2.24, 2.45) is 0 Å². The average molecular weight is 463 g/mol. The summed E-state index contributed by atoms with van der Waals surface area (Å²) in [5.74, 6) is 0.607. The van der Waals surface area contributed by atoms with E-state index in [2.05, 4.69) is 25.0 Å². The zero-order chi connectivity index (χ0) is 22.1. The molecule has 0 fully saturated rings. The van der Waals surface area contributed by atoms with Crippen LogP contribution in [0, 0.1) is 0 Å². The lowest BCUT2D eigenvalue weighted by Gasteiger charge is -2.09. The van der Waals surface area contributed by atoms with E-state index < -0.39 is 10.0 Å². The maximum Gasteiger partial charge on any atom is 0.261 e. The minimum absolute atomic E-state index is 0.0949. The van der Waals surface area contributed by atoms with Gasteiger partial charge >= 0.3 is 0 Å². The van der Waals surface area contributed by atoms with Gasteiger partial charge in [0.1, 0.15) is 0 Å². The van der Waals surface area contributed by atoms with Gasteiger partial charge in [0, 0.05) is 34.2 Å². The topological polar surface area (TPSA) is 102 Å². The molecule has 2 aromatic carbocycles. The van der Waals surface area contributed by atoms with Gasteiger partial charge < -0.3 is 0 Å². The Morgan fingerprint density at radius 2 is 1.62 bits per heavy atom. The molecular formula is C22H15ClN6O2S. The Labute approximate surface area is 188 Å². The van der Waals surface area contributed by atoms with Gasteiger partial charge in [-0.3, -0.25) is 9.71 Å². The molecule has 0 radical (unpaired) electrons. The van der Waals surface area contributed by atoms with Crippen molar-refractivity contribution in [1.82, 2.24) is 24.8 Å². The van der Waals surface area contributed by atoms with E-state index in [1.807, 2.05) is 24.3 Å². The second-order valence-corrected chi connectivity index (χ2v) is 9.01. The van der Waals surface area contributed by atoms with Crippen LogP contribution >= 0.6 is 11.6 Å². The molecule has 0 atom stereocenters. The standard InChI is InChI=1S/C22H15ClN6O2S/c23-17-2-1-3-19(14-17)32(30,31)28-18-6-4-15(5-7-18)20-8-9-21-25-26-22(29(21)27-20)16-10-12-24-13-11-16/h1-14,28H. The molecule has 3 aromatic heterocycles. The smallest absolute Gasteiger partial charge is 0.261 e. The number of halogens is 1. The molecule has 0 aliphatic rings. The lowest BCUT2D eigenvalue weighted by Crippen LogP contribution is -2.12. The van der Waals surface area contributed by atoms with Crippen LogP contribution in [-0.2, 0) is 10.0 Å². The molecule has 0 spiro atoms. The number of pyridine rings is 1. The predicted octanol–water partition coefficient (Wildman–Crippen LogP) is 4.31. The fourth-order valence-electron chi connectivity index (χ4n) is 3.18. The van der Waals surface area contributed by atoms with Gasteiger partial charge in [-0.2, -0.15) is 9.61 Å². The first-order valence-electron chi connectivity index (χ1n) is 9.51. The minimum Gasteiger partial charge on any atom is -0.280 e. The Hall–Kier alpha value is -3.82. The summed E-state index contributed by atoms with van der Waals surface area (Å²) < 4.78 is 29.4. The van der Waals surface area contributed by atoms with Crippen molar-refractivity contribution in [2.45, 2.75) is 4.90 Å². The maximum absolute atomic E-state index is 12.6. The number of anilines is 1. The Morgan fingerprint density at radius 1 is 0.844 bits per heavy atom. The molecular weight excluding hydrogens is 448 g/mol. The summed E-state index contributed by atoms with van der Waals surface area (Å²) in [5.41, 5.74) is 3.40. The summed E-state index contributed by atoms with van der Waals surface area (Å²) in [5, 5.41) is 13.4. The molecule has 0 aliphatic heterocycles. The van der Waals surface area contributed by atoms with E-state index in [1.54, 1.807) is 53.3 Å². The quantitative estimate of drug-likeness (QED) is 0.417. The summed E-state index contributed by atoms with van der Waals surface area (Å²) in [7, 11) is -3.75. The van der Waals surface area contributed by atoms with Crippen molar-refractivity contribution in [1.29, 1.82) is 0 Å². The molecule has 10 heteroatoms. The summed E-state index contributed by atoms with van der Waals surface area (Å²) in [6, 6.07) is 20.4. The second-order valence-electron chi connectivity index (χ2n) is 6.89. The number of nitrogens with one attached hydrogen (secondary N) is 1. The number of rotatable bonds is 5. The van der Waals surface area contributed by atoms with Crippen molar-refractivity contribution < 1.29 is 8.42 Å². The van der Waals surface area contributed by atoms with Crippen LogP contribution < -0.4 is 4.72 Å². The number of aromatic nitrogens is 5. The van der Waals surface area contributed by atoms with E-state index in [0.29, 0.717) is 27.9 Å². The van der Waals surface area contributed by atoms with Gasteiger partial charge in [-0.1, -0.05) is 29.8 Å². The van der Waals surface area contributed by atoms with Crippen LogP contribution in [0.3, 0.4) is 0 Å². The highest BCUT2D eigenvalue weighted by Crippen LogP contribution is 2.24. The van der Waals surface area contributed by atoms with Gasteiger partial charge in [-0.05, 0) is 54.6 Å². The zero-order valence-electron chi connectivity index (χ0n) is 16.4. The van der Waals surface area contributed by atoms with Crippen molar-refractivity contribution in [3.63, 3.8) is 0 Å². The molecule has 5 aromatic rings. The number of hydrogen-bond donors (Lipinski definition) is 1. The lowest BCUT2D eigenvalue weighted by molar-refractivity contribution is 0.601. The second kappa shape index (κ2) is 8.03. The molecule has 158 valence electrons. The van der Waals surface area contributed by atoms with Crippen LogP contribution in [0.25, 0.3) is 28.3 Å². The van der Waals surface area contributed by atoms with E-state index in [4.69, 9.17) is 11.6 Å². The Balaban J connectivity index is 1.44. The highest BCUT2D eigenvalue weighted by molar-refractivity contribution is 7.92. The third-order valence-electron chi connectivity index (χ3n) is 4.74. The van der Waals surface area contributed by atoms with Crippen LogP contribution in [0.5, 0.6) is 0 Å². The number of sulfonamides is 1. The predicted molar refractivity (Wildman–Crippen MR) is 122 cm³/mol. The van der Waals surface area contributed by atoms with E-state index in [9.17, 15) is 8.42 Å². The van der Waals surface area contributed by atoms with Gasteiger partial charge in [0.2, 0.25) is 0 Å². The molecule has 32 heavy (non-hydrogen) atoms. The van der Waals surface area contributed by atoms with Crippen LogP contribution in [-0.4, -0.2) is 33.2 Å². The van der Waals surface area contributed by atoms with E-state index in [1.165, 1.54) is 12.1 Å². The van der Waals surface area contributed by atoms with Crippen molar-refractivity contribution in [2.75, 3.05) is 4.72 Å². The van der Waals surface area contributed by atoms with E-state index >= 15 is 0 Å². The van der Waals surface area contributed by atoms with E-state index in [0.717, 1.165) is 11.1 Å². The monoisotopic (exact) mass is 462 g/mol. The summed E-state index contributed by atoms with van der Waals surface area (Å²) in [6.45, 7) is 0. The third-order valence-corrected chi connectivity index (χ3v) is 6.35. The minimum atomic E-state index is -3.75. The molecule has 1 N–H and O–H groups in total. The van der Waals surface area contributed by atoms with Crippen LogP contribution in [0.4, 0.5) is 5.69 Å². The first-order chi connectivity index (χ1) is 15.5. The molecule has 0 unspecified atom stereocenters. The third kappa shape index (κ3) is 3.91. The highest BCUT2D eigenvalue weighted by Gasteiger charge is 2.15. The SMILES string of the molecule is O=S(=O)(Nc1ccc(-c2ccc3nnc(-c4ccncc4)n3n2)cc1)c1cccc(Cl)c1. The number of nitrogens with zero attached hydrogens (tertiary/aromatic N) is 5. The Kier molecular flexibility index (Phi) is 5.04. The average Bonchev–Trinajstić information content (AvgIpc) is 3.23. The first-order valence-corrected chi connectivity index (χ1v) is 11.4. The number of hydrogen-bond acceptors (Lipinski definition) is 6. The highest BCUT2D eigenvalue weighted by atomic mass is 35.5. The summed E-state index contributed by atoms with van der Waals surface area (Å²) in [6.07, 6.45) is 3.37. The molecule has 0 saturated carbocycles. The fourth-order valence-corrected chi connectivity index (χ4v) is 4.54. The van der Waals surface area contributed by atoms with Gasteiger partial charge in [0.25, 0.3) is 10.0 Å². The molecule has 0 amide bonds. The van der Waals surface area contributed by atoms with Crippen LogP contribution in [0.2, 0.25) is 5.02 Å². The van der Waals surface area contributed by atoms with Crippen molar-refractivity contribution in [3.8, 4) is 22.6 Å². The lowest BCUT2D eigenvalue weighted by atomic mass is 10.1. The maximum atomic E-state index is 12.6. The van der Waals surface area contributed by atoms with Gasteiger partial charge in [-0.15, -0.1) is 10.2 Å². The molecule has 5 rings (SSSR count). The van der Waals surface area contributed by atoms with Gasteiger partial charge in [-0.25, -0.2) is 8.42 Å². The molecule has 0 bridgehead atoms. The number of fused-ring (bicyclic) bond motifs is 1. The van der Waals surface area contributed by atoms with Crippen LogP contribution in [0.1, 0.15) is 0 Å². The van der Waals surface area contributed by atoms with Crippen molar-refractivity contribution in [3.05, 3.63) is 90.2 Å². The fraction of sp³-hybridized carbons (Fsp3) is 0.